The maximum Gasteiger partial charge on any atom is 0.224 e. The Labute approximate surface area is 89.5 Å². The minimum absolute atomic E-state index is 0.134. The Morgan fingerprint density at radius 2 is 2.20 bits per heavy atom. The molecule has 0 atom stereocenters. The Hall–Kier alpha value is -1.30. The molecule has 0 aliphatic carbocycles. The highest BCUT2D eigenvalue weighted by Gasteiger charge is 2.15. The van der Waals surface area contributed by atoms with Crippen LogP contribution in [-0.2, 0) is 9.53 Å². The van der Waals surface area contributed by atoms with E-state index in [2.05, 4.69) is 10.3 Å². The van der Waals surface area contributed by atoms with Gasteiger partial charge in [-0.05, 0) is 0 Å². The predicted octanol–water partition coefficient (Wildman–Crippen LogP) is -1.23. The van der Waals surface area contributed by atoms with Gasteiger partial charge in [-0.2, -0.15) is 0 Å². The lowest BCUT2D eigenvalue weighted by molar-refractivity contribution is -0.135. The molecule has 6 heteroatoms. The van der Waals surface area contributed by atoms with Gasteiger partial charge in [-0.25, -0.2) is 0 Å². The van der Waals surface area contributed by atoms with E-state index in [9.17, 15) is 4.79 Å². The van der Waals surface area contributed by atoms with Crippen molar-refractivity contribution in [1.82, 2.24) is 10.2 Å². The van der Waals surface area contributed by atoms with E-state index in [1.807, 2.05) is 4.90 Å². The van der Waals surface area contributed by atoms with Gasteiger partial charge >= 0.3 is 0 Å². The summed E-state index contributed by atoms with van der Waals surface area (Å²) in [7, 11) is 1.60. The first-order valence-electron chi connectivity index (χ1n) is 5.05. The van der Waals surface area contributed by atoms with Crippen LogP contribution in [0.15, 0.2) is 4.99 Å². The van der Waals surface area contributed by atoms with Crippen LogP contribution in [0.25, 0.3) is 0 Å². The van der Waals surface area contributed by atoms with E-state index in [0.717, 1.165) is 0 Å². The molecule has 1 heterocycles. The summed E-state index contributed by atoms with van der Waals surface area (Å²) >= 11 is 0. The zero-order chi connectivity index (χ0) is 11.1. The largest absolute Gasteiger partial charge is 0.378 e. The highest BCUT2D eigenvalue weighted by atomic mass is 16.5. The molecule has 15 heavy (non-hydrogen) atoms. The number of guanidine groups is 1. The number of ether oxygens (including phenoxy) is 1. The van der Waals surface area contributed by atoms with Crippen molar-refractivity contribution in [3.8, 4) is 0 Å². The summed E-state index contributed by atoms with van der Waals surface area (Å²) in [6.07, 6.45) is 0.441. The summed E-state index contributed by atoms with van der Waals surface area (Å²) < 4.78 is 5.16. The van der Waals surface area contributed by atoms with Gasteiger partial charge in [0.1, 0.15) is 0 Å². The molecule has 0 aromatic heterocycles. The summed E-state index contributed by atoms with van der Waals surface area (Å²) in [6, 6.07) is 0. The molecular weight excluding hydrogens is 196 g/mol. The molecule has 0 saturated carbocycles. The fraction of sp³-hybridized carbons (Fsp3) is 0.778. The van der Waals surface area contributed by atoms with E-state index in [0.29, 0.717) is 45.2 Å². The zero-order valence-corrected chi connectivity index (χ0v) is 9.03. The Bertz CT molecular complexity index is 236. The molecule has 0 aromatic rings. The maximum absolute atomic E-state index is 11.6. The van der Waals surface area contributed by atoms with E-state index in [1.54, 1.807) is 7.05 Å². The number of hydrogen-bond acceptors (Lipinski definition) is 3. The molecule has 0 spiro atoms. The lowest BCUT2D eigenvalue weighted by atomic mass is 10.3. The summed E-state index contributed by atoms with van der Waals surface area (Å²) in [5.41, 5.74) is 5.43. The number of hydrogen-bond donors (Lipinski definition) is 2. The SMILES string of the molecule is CN=C(N)NCCC(=O)N1CCOCC1. The van der Waals surface area contributed by atoms with E-state index < -0.39 is 0 Å². The molecule has 6 nitrogen and oxygen atoms in total. The van der Waals surface area contributed by atoms with Crippen molar-refractivity contribution < 1.29 is 9.53 Å². The number of amides is 1. The minimum Gasteiger partial charge on any atom is -0.378 e. The third kappa shape index (κ3) is 4.16. The Morgan fingerprint density at radius 1 is 1.53 bits per heavy atom. The van der Waals surface area contributed by atoms with Gasteiger partial charge < -0.3 is 20.7 Å². The zero-order valence-electron chi connectivity index (χ0n) is 9.03. The first-order valence-corrected chi connectivity index (χ1v) is 5.05. The molecule has 1 aliphatic heterocycles. The number of nitrogens with one attached hydrogen (secondary N) is 1. The number of aliphatic imine (C=N–C) groups is 1. The smallest absolute Gasteiger partial charge is 0.224 e. The maximum atomic E-state index is 11.6. The van der Waals surface area contributed by atoms with E-state index in [-0.39, 0.29) is 5.91 Å². The average Bonchev–Trinajstić information content (AvgIpc) is 2.29. The number of carbonyl (C=O) groups is 1. The van der Waals surface area contributed by atoms with E-state index in [4.69, 9.17) is 10.5 Å². The third-order valence-corrected chi connectivity index (χ3v) is 2.25. The summed E-state index contributed by atoms with van der Waals surface area (Å²) in [5.74, 6) is 0.500. The fourth-order valence-electron chi connectivity index (χ4n) is 1.35. The van der Waals surface area contributed by atoms with Crippen molar-refractivity contribution in [1.29, 1.82) is 0 Å². The fourth-order valence-corrected chi connectivity index (χ4v) is 1.35. The Balaban J connectivity index is 2.17. The molecule has 3 N–H and O–H groups in total. The first-order chi connectivity index (χ1) is 7.24. The monoisotopic (exact) mass is 214 g/mol. The minimum atomic E-state index is 0.134. The second-order valence-electron chi connectivity index (χ2n) is 3.28. The van der Waals surface area contributed by atoms with E-state index >= 15 is 0 Å². The van der Waals surface area contributed by atoms with Crippen molar-refractivity contribution in [3.63, 3.8) is 0 Å². The molecule has 1 aliphatic rings. The van der Waals surface area contributed by atoms with Crippen molar-refractivity contribution in [2.75, 3.05) is 39.9 Å². The van der Waals surface area contributed by atoms with Gasteiger partial charge in [0.25, 0.3) is 0 Å². The molecular formula is C9H18N4O2. The molecule has 0 unspecified atom stereocenters. The second-order valence-corrected chi connectivity index (χ2v) is 3.28. The van der Waals surface area contributed by atoms with Crippen LogP contribution in [0.5, 0.6) is 0 Å². The van der Waals surface area contributed by atoms with Gasteiger partial charge in [-0.1, -0.05) is 0 Å². The van der Waals surface area contributed by atoms with Crippen molar-refractivity contribution in [2.24, 2.45) is 10.7 Å². The van der Waals surface area contributed by atoms with Crippen LogP contribution < -0.4 is 11.1 Å². The molecule has 1 rings (SSSR count). The summed E-state index contributed by atoms with van der Waals surface area (Å²) in [6.45, 7) is 3.18. The van der Waals surface area contributed by atoms with Crippen LogP contribution in [0.3, 0.4) is 0 Å². The Morgan fingerprint density at radius 3 is 2.80 bits per heavy atom. The van der Waals surface area contributed by atoms with Gasteiger partial charge in [0.05, 0.1) is 13.2 Å². The molecule has 1 saturated heterocycles. The lowest BCUT2D eigenvalue weighted by Gasteiger charge is -2.26. The Kier molecular flexibility index (Phi) is 4.89. The van der Waals surface area contributed by atoms with Crippen LogP contribution in [0.4, 0.5) is 0 Å². The highest BCUT2D eigenvalue weighted by Crippen LogP contribution is 1.99. The van der Waals surface area contributed by atoms with Gasteiger partial charge in [0, 0.05) is 33.1 Å². The molecule has 1 amide bonds. The molecule has 0 aromatic carbocycles. The number of carbonyl (C=O) groups excluding carboxylic acids is 1. The molecule has 1 fully saturated rings. The number of nitrogens with zero attached hydrogens (tertiary/aromatic N) is 2. The third-order valence-electron chi connectivity index (χ3n) is 2.25. The average molecular weight is 214 g/mol. The van der Waals surface area contributed by atoms with Crippen LogP contribution in [0.1, 0.15) is 6.42 Å². The van der Waals surface area contributed by atoms with Crippen molar-refractivity contribution in [3.05, 3.63) is 0 Å². The van der Waals surface area contributed by atoms with Gasteiger partial charge in [-0.15, -0.1) is 0 Å². The highest BCUT2D eigenvalue weighted by molar-refractivity contribution is 5.79. The van der Waals surface area contributed by atoms with Gasteiger partial charge in [0.15, 0.2) is 5.96 Å². The standard InChI is InChI=1S/C9H18N4O2/c1-11-9(10)12-3-2-8(14)13-4-6-15-7-5-13/h2-7H2,1H3,(H3,10,11,12). The van der Waals surface area contributed by atoms with Crippen LogP contribution in [0, 0.1) is 0 Å². The quantitative estimate of drug-likeness (QED) is 0.455. The second kappa shape index (κ2) is 6.23. The number of nitrogens with two attached hydrogens (primary N) is 1. The molecule has 0 bridgehead atoms. The lowest BCUT2D eigenvalue weighted by Crippen LogP contribution is -2.42. The summed E-state index contributed by atoms with van der Waals surface area (Å²) in [4.78, 5) is 17.2. The van der Waals surface area contributed by atoms with Crippen molar-refractivity contribution >= 4 is 11.9 Å². The topological polar surface area (TPSA) is 79.9 Å². The number of morpholine rings is 1. The molecule has 0 radical (unpaired) electrons. The summed E-state index contributed by atoms with van der Waals surface area (Å²) in [5, 5.41) is 2.85. The van der Waals surface area contributed by atoms with Gasteiger partial charge in [-0.3, -0.25) is 9.79 Å². The first kappa shape index (κ1) is 11.8. The molecule has 86 valence electrons. The normalized spacial score (nSPS) is 17.7. The number of rotatable bonds is 3. The van der Waals surface area contributed by atoms with Crippen LogP contribution in [0.2, 0.25) is 0 Å². The van der Waals surface area contributed by atoms with Crippen LogP contribution in [-0.4, -0.2) is 56.7 Å². The van der Waals surface area contributed by atoms with Gasteiger partial charge in [0.2, 0.25) is 5.91 Å². The van der Waals surface area contributed by atoms with E-state index in [1.165, 1.54) is 0 Å². The van der Waals surface area contributed by atoms with Crippen molar-refractivity contribution in [2.45, 2.75) is 6.42 Å². The predicted molar refractivity (Wildman–Crippen MR) is 57.6 cm³/mol. The van der Waals surface area contributed by atoms with Crippen LogP contribution >= 0.6 is 0 Å².